The third-order valence-electron chi connectivity index (χ3n) is 4.15. The van der Waals surface area contributed by atoms with E-state index in [4.69, 9.17) is 0 Å². The van der Waals surface area contributed by atoms with E-state index in [-0.39, 0.29) is 11.8 Å². The van der Waals surface area contributed by atoms with Crippen molar-refractivity contribution in [1.82, 2.24) is 20.3 Å². The van der Waals surface area contributed by atoms with Crippen molar-refractivity contribution >= 4 is 11.6 Å². The van der Waals surface area contributed by atoms with Crippen molar-refractivity contribution in [1.29, 1.82) is 0 Å². The van der Waals surface area contributed by atoms with Crippen LogP contribution in [0.15, 0.2) is 18.2 Å². The first-order valence-corrected chi connectivity index (χ1v) is 7.96. The molecule has 1 aromatic carbocycles. The minimum atomic E-state index is -0.0367. The number of amides is 1. The number of carbonyl (C=O) groups is 1. The lowest BCUT2D eigenvalue weighted by molar-refractivity contribution is -0.120. The maximum absolute atomic E-state index is 12.6. The minimum Gasteiger partial charge on any atom is -0.326 e. The largest absolute Gasteiger partial charge is 0.326 e. The Labute approximate surface area is 136 Å². The van der Waals surface area contributed by atoms with Crippen molar-refractivity contribution in [2.75, 3.05) is 19.4 Å². The van der Waals surface area contributed by atoms with E-state index in [0.717, 1.165) is 42.0 Å². The van der Waals surface area contributed by atoms with Crippen LogP contribution in [-0.2, 0) is 24.2 Å². The van der Waals surface area contributed by atoms with E-state index < -0.39 is 0 Å². The van der Waals surface area contributed by atoms with Crippen LogP contribution in [0.4, 0.5) is 5.69 Å². The summed E-state index contributed by atoms with van der Waals surface area (Å²) in [5, 5.41) is 14.0. The molecule has 1 unspecified atom stereocenters. The van der Waals surface area contributed by atoms with Gasteiger partial charge in [-0.05, 0) is 57.1 Å². The van der Waals surface area contributed by atoms with Crippen LogP contribution < -0.4 is 5.32 Å². The highest BCUT2D eigenvalue weighted by Crippen LogP contribution is 2.24. The van der Waals surface area contributed by atoms with Gasteiger partial charge in [0.1, 0.15) is 0 Å². The van der Waals surface area contributed by atoms with Crippen LogP contribution in [0.2, 0.25) is 0 Å². The first-order chi connectivity index (χ1) is 11.0. The fourth-order valence-corrected chi connectivity index (χ4v) is 3.14. The fraction of sp³-hybridized carbons (Fsp3) is 0.471. The van der Waals surface area contributed by atoms with Gasteiger partial charge in [0.15, 0.2) is 0 Å². The molecule has 1 heterocycles. The van der Waals surface area contributed by atoms with Crippen molar-refractivity contribution < 1.29 is 4.79 Å². The number of hydrogen-bond acceptors (Lipinski definition) is 4. The summed E-state index contributed by atoms with van der Waals surface area (Å²) in [6.07, 6.45) is 2.29. The SMILES string of the molecule is Cc1cc(CN(C)C)cc(NC(=O)C2CCc3n[nH]nc3C2)c1. The molecule has 1 atom stereocenters. The maximum atomic E-state index is 12.6. The number of nitrogens with one attached hydrogen (secondary N) is 2. The number of anilines is 1. The molecule has 6 heteroatoms. The van der Waals surface area contributed by atoms with Crippen LogP contribution in [0.3, 0.4) is 0 Å². The summed E-state index contributed by atoms with van der Waals surface area (Å²) in [7, 11) is 4.08. The summed E-state index contributed by atoms with van der Waals surface area (Å²) < 4.78 is 0. The normalized spacial score (nSPS) is 17.1. The van der Waals surface area contributed by atoms with Gasteiger partial charge in [-0.3, -0.25) is 4.79 Å². The molecular weight excluding hydrogens is 290 g/mol. The molecule has 23 heavy (non-hydrogen) atoms. The quantitative estimate of drug-likeness (QED) is 0.904. The van der Waals surface area contributed by atoms with E-state index in [1.165, 1.54) is 5.56 Å². The van der Waals surface area contributed by atoms with Crippen LogP contribution in [0, 0.1) is 12.8 Å². The summed E-state index contributed by atoms with van der Waals surface area (Å²) in [6, 6.07) is 6.22. The third-order valence-corrected chi connectivity index (χ3v) is 4.15. The highest BCUT2D eigenvalue weighted by atomic mass is 16.1. The lowest BCUT2D eigenvalue weighted by atomic mass is 9.89. The zero-order valence-corrected chi connectivity index (χ0v) is 13.9. The van der Waals surface area contributed by atoms with Crippen molar-refractivity contribution in [3.8, 4) is 0 Å². The van der Waals surface area contributed by atoms with Crippen LogP contribution in [-0.4, -0.2) is 40.3 Å². The molecule has 1 amide bonds. The molecule has 1 aliphatic carbocycles. The second-order valence-electron chi connectivity index (χ2n) is 6.59. The zero-order valence-electron chi connectivity index (χ0n) is 13.9. The van der Waals surface area contributed by atoms with Crippen molar-refractivity contribution in [2.45, 2.75) is 32.7 Å². The van der Waals surface area contributed by atoms with E-state index in [9.17, 15) is 4.79 Å². The molecule has 0 saturated carbocycles. The molecule has 0 bridgehead atoms. The standard InChI is InChI=1S/C17H23N5O/c1-11-6-12(10-22(2)3)8-14(7-11)18-17(23)13-4-5-15-16(9-13)20-21-19-15/h6-8,13H,4-5,9-10H2,1-3H3,(H,18,23)(H,19,20,21). The Kier molecular flexibility index (Phi) is 4.43. The lowest BCUT2D eigenvalue weighted by Crippen LogP contribution is -2.28. The van der Waals surface area contributed by atoms with Crippen LogP contribution in [0.1, 0.15) is 28.9 Å². The van der Waals surface area contributed by atoms with Gasteiger partial charge in [-0.1, -0.05) is 6.07 Å². The van der Waals surface area contributed by atoms with Gasteiger partial charge in [-0.25, -0.2) is 0 Å². The number of nitrogens with zero attached hydrogens (tertiary/aromatic N) is 3. The van der Waals surface area contributed by atoms with Gasteiger partial charge in [0, 0.05) is 24.6 Å². The third kappa shape index (κ3) is 3.76. The van der Waals surface area contributed by atoms with Gasteiger partial charge in [0.05, 0.1) is 11.4 Å². The van der Waals surface area contributed by atoms with Gasteiger partial charge in [0.25, 0.3) is 0 Å². The van der Waals surface area contributed by atoms with Crippen LogP contribution in [0.25, 0.3) is 0 Å². The molecule has 0 spiro atoms. The zero-order chi connectivity index (χ0) is 16.4. The number of aromatic amines is 1. The Hall–Kier alpha value is -2.21. The molecule has 0 fully saturated rings. The first-order valence-electron chi connectivity index (χ1n) is 7.96. The average Bonchev–Trinajstić information content (AvgIpc) is 2.92. The minimum absolute atomic E-state index is 0.0367. The monoisotopic (exact) mass is 313 g/mol. The maximum Gasteiger partial charge on any atom is 0.227 e. The van der Waals surface area contributed by atoms with Crippen molar-refractivity contribution in [3.05, 3.63) is 40.7 Å². The number of fused-ring (bicyclic) bond motifs is 1. The molecule has 2 aromatic rings. The van der Waals surface area contributed by atoms with Gasteiger partial charge in [-0.15, -0.1) is 0 Å². The molecular formula is C17H23N5O. The molecule has 6 nitrogen and oxygen atoms in total. The highest BCUT2D eigenvalue weighted by molar-refractivity contribution is 5.93. The number of carbonyl (C=O) groups excluding carboxylic acids is 1. The topological polar surface area (TPSA) is 73.9 Å². The van der Waals surface area contributed by atoms with E-state index in [1.807, 2.05) is 20.2 Å². The predicted octanol–water partition coefficient (Wildman–Crippen LogP) is 1.92. The number of aromatic nitrogens is 3. The summed E-state index contributed by atoms with van der Waals surface area (Å²) in [4.78, 5) is 14.7. The summed E-state index contributed by atoms with van der Waals surface area (Å²) >= 11 is 0. The van der Waals surface area contributed by atoms with E-state index in [1.54, 1.807) is 0 Å². The molecule has 0 saturated heterocycles. The van der Waals surface area contributed by atoms with E-state index >= 15 is 0 Å². The molecule has 0 radical (unpaired) electrons. The molecule has 1 aromatic heterocycles. The molecule has 0 aliphatic heterocycles. The van der Waals surface area contributed by atoms with E-state index in [2.05, 4.69) is 44.7 Å². The number of H-pyrrole nitrogens is 1. The molecule has 3 rings (SSSR count). The first kappa shape index (κ1) is 15.7. The Bertz CT molecular complexity index is 707. The average molecular weight is 313 g/mol. The molecule has 1 aliphatic rings. The Morgan fingerprint density at radius 3 is 2.87 bits per heavy atom. The van der Waals surface area contributed by atoms with Gasteiger partial charge in [-0.2, -0.15) is 15.4 Å². The van der Waals surface area contributed by atoms with Gasteiger partial charge < -0.3 is 10.2 Å². The summed E-state index contributed by atoms with van der Waals surface area (Å²) in [5.74, 6) is 0.0328. The van der Waals surface area contributed by atoms with Gasteiger partial charge >= 0.3 is 0 Å². The Balaban J connectivity index is 1.69. The highest BCUT2D eigenvalue weighted by Gasteiger charge is 2.27. The summed E-state index contributed by atoms with van der Waals surface area (Å²) in [6.45, 7) is 2.91. The number of benzene rings is 1. The number of rotatable bonds is 4. The predicted molar refractivity (Wildman–Crippen MR) is 89.1 cm³/mol. The van der Waals surface area contributed by atoms with E-state index in [0.29, 0.717) is 6.42 Å². The smallest absolute Gasteiger partial charge is 0.227 e. The number of hydrogen-bond donors (Lipinski definition) is 2. The summed E-state index contributed by atoms with van der Waals surface area (Å²) in [5.41, 5.74) is 5.15. The Morgan fingerprint density at radius 1 is 1.30 bits per heavy atom. The van der Waals surface area contributed by atoms with Crippen molar-refractivity contribution in [3.63, 3.8) is 0 Å². The van der Waals surface area contributed by atoms with Crippen LogP contribution >= 0.6 is 0 Å². The van der Waals surface area contributed by atoms with Gasteiger partial charge in [0.2, 0.25) is 5.91 Å². The Morgan fingerprint density at radius 2 is 2.09 bits per heavy atom. The van der Waals surface area contributed by atoms with Crippen LogP contribution in [0.5, 0.6) is 0 Å². The second kappa shape index (κ2) is 6.50. The van der Waals surface area contributed by atoms with Crippen molar-refractivity contribution in [2.24, 2.45) is 5.92 Å². The molecule has 2 N–H and O–H groups in total. The fourth-order valence-electron chi connectivity index (χ4n) is 3.14. The molecule has 122 valence electrons. The number of aryl methyl sites for hydroxylation is 2. The second-order valence-corrected chi connectivity index (χ2v) is 6.59. The lowest BCUT2D eigenvalue weighted by Gasteiger charge is -2.20.